The zero-order chi connectivity index (χ0) is 31.5. The highest BCUT2D eigenvalue weighted by Crippen LogP contribution is 2.38. The van der Waals surface area contributed by atoms with Gasteiger partial charge in [-0.05, 0) is 77.1 Å². The Labute approximate surface area is 220 Å². The maximum Gasteiger partial charge on any atom is 0.145 e. The van der Waals surface area contributed by atoms with Gasteiger partial charge in [0.05, 0.1) is 16.7 Å². The molecule has 176 valence electrons. The summed E-state index contributed by atoms with van der Waals surface area (Å²) in [6.45, 7) is 2.26. The molecule has 0 amide bonds. The first kappa shape index (κ1) is 15.4. The van der Waals surface area contributed by atoms with E-state index in [-0.39, 0.29) is 16.7 Å². The Morgan fingerprint density at radius 1 is 0.714 bits per heavy atom. The topological polar surface area (TPSA) is 17.8 Å². The van der Waals surface area contributed by atoms with E-state index in [1.807, 2.05) is 47.0 Å². The average molecular weight is 467 g/mol. The van der Waals surface area contributed by atoms with Crippen LogP contribution in [0.2, 0.25) is 0 Å². The van der Waals surface area contributed by atoms with E-state index in [2.05, 4.69) is 0 Å². The van der Waals surface area contributed by atoms with Gasteiger partial charge in [0, 0.05) is 16.5 Å². The lowest BCUT2D eigenvalue weighted by molar-refractivity contribution is 0.811. The van der Waals surface area contributed by atoms with Crippen LogP contribution in [0.5, 0.6) is 0 Å². The van der Waals surface area contributed by atoms with Gasteiger partial charge in [0.1, 0.15) is 5.82 Å². The molecule has 0 bridgehead atoms. The van der Waals surface area contributed by atoms with Crippen LogP contribution in [0.4, 0.5) is 0 Å². The second-order valence-corrected chi connectivity index (χ2v) is 9.27. The first-order valence-corrected chi connectivity index (χ1v) is 11.8. The molecular formula is C33H34N2. The summed E-state index contributed by atoms with van der Waals surface area (Å²) >= 11 is 0. The number of aryl methyl sites for hydroxylation is 2. The Balaban J connectivity index is 1.92. The fraction of sp³-hybridized carbons (Fsp3) is 0.242. The van der Waals surface area contributed by atoms with Gasteiger partial charge in [-0.15, -0.1) is 0 Å². The smallest absolute Gasteiger partial charge is 0.145 e. The summed E-state index contributed by atoms with van der Waals surface area (Å²) in [7, 11) is 0. The van der Waals surface area contributed by atoms with Gasteiger partial charge < -0.3 is 0 Å². The zero-order valence-corrected chi connectivity index (χ0v) is 20.5. The molecule has 35 heavy (non-hydrogen) atoms. The predicted molar refractivity (Wildman–Crippen MR) is 150 cm³/mol. The largest absolute Gasteiger partial charge is 0.292 e. The van der Waals surface area contributed by atoms with Crippen molar-refractivity contribution in [3.8, 4) is 28.2 Å². The molecule has 5 rings (SSSR count). The van der Waals surface area contributed by atoms with E-state index in [4.69, 9.17) is 16.0 Å². The van der Waals surface area contributed by atoms with Crippen molar-refractivity contribution >= 4 is 11.0 Å². The molecule has 5 aromatic rings. The van der Waals surface area contributed by atoms with E-state index in [1.54, 1.807) is 58.0 Å². The molecule has 0 aliphatic heterocycles. The first-order valence-electron chi connectivity index (χ1n) is 15.8. The molecule has 0 saturated carbocycles. The Kier molecular flexibility index (Phi) is 4.03. The van der Waals surface area contributed by atoms with E-state index in [0.717, 1.165) is 5.52 Å². The van der Waals surface area contributed by atoms with Crippen LogP contribution in [0.25, 0.3) is 39.2 Å². The van der Waals surface area contributed by atoms with Gasteiger partial charge in [-0.2, -0.15) is 0 Å². The molecule has 0 N–H and O–H groups in total. The lowest BCUT2D eigenvalue weighted by Gasteiger charge is -2.23. The van der Waals surface area contributed by atoms with Crippen LogP contribution in [-0.2, 0) is 0 Å². The molecule has 0 atom stereocenters. The molecule has 2 nitrogen and oxygen atoms in total. The average Bonchev–Trinajstić information content (AvgIpc) is 3.30. The molecule has 0 fully saturated rings. The standard InChI is InChI=1S/C33H34N2/c1-21(2)26-14-11-15-27(22(3)4)32(26)35-31-17-10-9-16-30(31)34-33(35)25-19-18-24(6)29(20-25)28-13-8-7-12-23(28)5/h7-22H,1-6H3/i5D3,6D3,21D,22D. The highest BCUT2D eigenvalue weighted by atomic mass is 15.1. The number of benzene rings is 4. The third kappa shape index (κ3) is 4.08. The van der Waals surface area contributed by atoms with Crippen molar-refractivity contribution in [1.29, 1.82) is 0 Å². The van der Waals surface area contributed by atoms with Crippen LogP contribution in [0, 0.1) is 13.7 Å². The summed E-state index contributed by atoms with van der Waals surface area (Å²) in [6.07, 6.45) is 0. The summed E-state index contributed by atoms with van der Waals surface area (Å²) in [6, 6.07) is 24.6. The molecule has 4 aromatic carbocycles. The van der Waals surface area contributed by atoms with Gasteiger partial charge in [0.25, 0.3) is 0 Å². The van der Waals surface area contributed by atoms with Crippen LogP contribution in [0.3, 0.4) is 0 Å². The summed E-state index contributed by atoms with van der Waals surface area (Å²) in [5, 5.41) is 0. The normalized spacial score (nSPS) is 16.3. The third-order valence-electron chi connectivity index (χ3n) is 6.39. The van der Waals surface area contributed by atoms with Crippen molar-refractivity contribution in [3.05, 3.63) is 107 Å². The SMILES string of the molecule is [2H]C([2H])([2H])c1ccccc1-c1cc(-c2nc3ccccc3n2-c2c(C([2H])(C)C)cccc2C([2H])(C)C)ccc1C([2H])([2H])[2H]. The van der Waals surface area contributed by atoms with E-state index in [0.29, 0.717) is 39.3 Å². The molecule has 0 aliphatic carbocycles. The monoisotopic (exact) mass is 466 g/mol. The van der Waals surface area contributed by atoms with Crippen molar-refractivity contribution < 1.29 is 11.0 Å². The van der Waals surface area contributed by atoms with Gasteiger partial charge in [-0.25, -0.2) is 4.98 Å². The van der Waals surface area contributed by atoms with Crippen LogP contribution >= 0.6 is 0 Å². The van der Waals surface area contributed by atoms with Gasteiger partial charge in [-0.1, -0.05) is 94.4 Å². The number of aromatic nitrogens is 2. The minimum atomic E-state index is -2.50. The zero-order valence-electron chi connectivity index (χ0n) is 28.5. The van der Waals surface area contributed by atoms with Gasteiger partial charge in [-0.3, -0.25) is 4.57 Å². The van der Waals surface area contributed by atoms with Crippen molar-refractivity contribution in [2.75, 3.05) is 0 Å². The number of fused-ring (bicyclic) bond motifs is 1. The number of rotatable bonds is 5. The molecule has 0 spiro atoms. The number of hydrogen-bond donors (Lipinski definition) is 0. The Bertz CT molecular complexity index is 1780. The molecule has 0 radical (unpaired) electrons. The number of para-hydroxylation sites is 3. The third-order valence-corrected chi connectivity index (χ3v) is 6.39. The van der Waals surface area contributed by atoms with E-state index >= 15 is 0 Å². The maximum absolute atomic E-state index is 9.02. The molecular weight excluding hydrogens is 424 g/mol. The Morgan fingerprint density at radius 2 is 1.37 bits per heavy atom. The molecule has 1 aromatic heterocycles. The Morgan fingerprint density at radius 3 is 2.09 bits per heavy atom. The van der Waals surface area contributed by atoms with Gasteiger partial charge >= 0.3 is 0 Å². The molecule has 2 heteroatoms. The summed E-state index contributed by atoms with van der Waals surface area (Å²) in [4.78, 5) is 4.99. The predicted octanol–water partition coefficient (Wildman–Crippen LogP) is 9.22. The van der Waals surface area contributed by atoms with Crippen LogP contribution in [0.15, 0.2) is 84.9 Å². The van der Waals surface area contributed by atoms with Gasteiger partial charge in [0.2, 0.25) is 0 Å². The summed E-state index contributed by atoms with van der Waals surface area (Å²) in [5.41, 5.74) is 4.83. The number of imidazole rings is 1. The van der Waals surface area contributed by atoms with Gasteiger partial charge in [0.15, 0.2) is 0 Å². The number of nitrogens with zero attached hydrogens (tertiary/aromatic N) is 2. The summed E-state index contributed by atoms with van der Waals surface area (Å²) < 4.78 is 69.1. The van der Waals surface area contributed by atoms with E-state index in [1.165, 1.54) is 12.1 Å². The molecule has 1 heterocycles. The quantitative estimate of drug-likeness (QED) is 0.252. The lowest BCUT2D eigenvalue weighted by Crippen LogP contribution is -2.08. The Hall–Kier alpha value is -3.65. The fourth-order valence-electron chi connectivity index (χ4n) is 4.66. The van der Waals surface area contributed by atoms with Crippen LogP contribution < -0.4 is 0 Å². The first-order chi connectivity index (χ1) is 19.9. The van der Waals surface area contributed by atoms with Crippen LogP contribution in [0.1, 0.15) is 72.7 Å². The second-order valence-electron chi connectivity index (χ2n) is 9.27. The van der Waals surface area contributed by atoms with Crippen molar-refractivity contribution in [1.82, 2.24) is 9.55 Å². The lowest BCUT2D eigenvalue weighted by atomic mass is 9.92. The van der Waals surface area contributed by atoms with Crippen molar-refractivity contribution in [2.24, 2.45) is 0 Å². The highest BCUT2D eigenvalue weighted by molar-refractivity contribution is 5.85. The minimum absolute atomic E-state index is 0.0382. The van der Waals surface area contributed by atoms with Crippen molar-refractivity contribution in [3.63, 3.8) is 0 Å². The summed E-state index contributed by atoms with van der Waals surface area (Å²) in [5.74, 6) is -1.55. The van der Waals surface area contributed by atoms with Crippen molar-refractivity contribution in [2.45, 2.75) is 53.2 Å². The van der Waals surface area contributed by atoms with Crippen LogP contribution in [-0.4, -0.2) is 9.55 Å². The minimum Gasteiger partial charge on any atom is -0.292 e. The molecule has 0 aliphatic rings. The van der Waals surface area contributed by atoms with E-state index < -0.39 is 25.5 Å². The molecule has 0 unspecified atom stereocenters. The number of hydrogen-bond acceptors (Lipinski definition) is 1. The second kappa shape index (κ2) is 9.19. The molecule has 0 saturated heterocycles. The highest BCUT2D eigenvalue weighted by Gasteiger charge is 2.22. The fourth-order valence-corrected chi connectivity index (χ4v) is 4.66. The maximum atomic E-state index is 9.02. The van der Waals surface area contributed by atoms with E-state index in [9.17, 15) is 0 Å².